The Bertz CT molecular complexity index is 870. The molecule has 0 radical (unpaired) electrons. The van der Waals surface area contributed by atoms with Crippen molar-refractivity contribution in [1.82, 2.24) is 4.72 Å². The molecule has 6 unspecified atom stereocenters. The molecular weight excluding hydrogens is 454 g/mol. The molecule has 0 heterocycles. The summed E-state index contributed by atoms with van der Waals surface area (Å²) >= 11 is 1.82. The third-order valence-corrected chi connectivity index (χ3v) is 13.1. The Kier molecular flexibility index (Phi) is 7.98. The molecule has 5 rings (SSSR count). The molecular formula is C34H55NS. The van der Waals surface area contributed by atoms with Crippen molar-refractivity contribution in [2.24, 2.45) is 46.3 Å². The highest BCUT2D eigenvalue weighted by molar-refractivity contribution is 7.97. The first-order valence-electron chi connectivity index (χ1n) is 15.7. The average Bonchev–Trinajstić information content (AvgIpc) is 3.19. The van der Waals surface area contributed by atoms with Crippen molar-refractivity contribution in [2.45, 2.75) is 129 Å². The topological polar surface area (TPSA) is 12.0 Å². The van der Waals surface area contributed by atoms with Gasteiger partial charge in [-0.3, -0.25) is 4.72 Å². The first-order chi connectivity index (χ1) is 17.2. The van der Waals surface area contributed by atoms with E-state index in [0.717, 1.165) is 42.1 Å². The van der Waals surface area contributed by atoms with Crippen LogP contribution in [0.2, 0.25) is 0 Å². The van der Waals surface area contributed by atoms with Crippen LogP contribution in [0.1, 0.15) is 124 Å². The van der Waals surface area contributed by atoms with Crippen molar-refractivity contribution in [3.8, 4) is 0 Å². The minimum Gasteiger partial charge on any atom is -0.260 e. The van der Waals surface area contributed by atoms with Crippen LogP contribution in [-0.2, 0) is 5.41 Å². The predicted molar refractivity (Wildman–Crippen MR) is 157 cm³/mol. The van der Waals surface area contributed by atoms with Crippen molar-refractivity contribution in [1.29, 1.82) is 0 Å². The molecule has 0 bridgehead atoms. The average molecular weight is 510 g/mol. The van der Waals surface area contributed by atoms with E-state index in [0.29, 0.717) is 10.8 Å². The van der Waals surface area contributed by atoms with Crippen molar-refractivity contribution < 1.29 is 0 Å². The summed E-state index contributed by atoms with van der Waals surface area (Å²) in [6, 6.07) is 9.16. The third kappa shape index (κ3) is 4.97. The highest BCUT2D eigenvalue weighted by atomic mass is 32.2. The van der Waals surface area contributed by atoms with Gasteiger partial charge in [-0.05, 0) is 139 Å². The molecule has 2 heteroatoms. The van der Waals surface area contributed by atoms with E-state index in [1.165, 1.54) is 81.1 Å². The molecule has 0 aromatic heterocycles. The zero-order valence-corrected chi connectivity index (χ0v) is 25.2. The Labute approximate surface area is 227 Å². The summed E-state index contributed by atoms with van der Waals surface area (Å²) in [5, 5.41) is 0. The first-order valence-corrected chi connectivity index (χ1v) is 16.5. The molecule has 0 spiro atoms. The van der Waals surface area contributed by atoms with Crippen LogP contribution >= 0.6 is 11.9 Å². The number of nitrogens with one attached hydrogen (secondary N) is 1. The van der Waals surface area contributed by atoms with E-state index in [-0.39, 0.29) is 5.41 Å². The fraction of sp³-hybridized carbons (Fsp3) is 0.824. The Morgan fingerprint density at radius 2 is 1.64 bits per heavy atom. The lowest BCUT2D eigenvalue weighted by Gasteiger charge is -2.62. The Balaban J connectivity index is 1.15. The van der Waals surface area contributed by atoms with Gasteiger partial charge < -0.3 is 0 Å². The van der Waals surface area contributed by atoms with Gasteiger partial charge in [0.25, 0.3) is 0 Å². The molecule has 1 nitrogen and oxygen atoms in total. The third-order valence-electron chi connectivity index (χ3n) is 12.2. The van der Waals surface area contributed by atoms with Crippen LogP contribution in [0.5, 0.6) is 0 Å². The zero-order valence-electron chi connectivity index (χ0n) is 24.4. The van der Waals surface area contributed by atoms with Gasteiger partial charge in [0.1, 0.15) is 0 Å². The highest BCUT2D eigenvalue weighted by Crippen LogP contribution is 2.69. The normalized spacial score (nSPS) is 40.4. The lowest BCUT2D eigenvalue weighted by atomic mass is 9.42. The van der Waals surface area contributed by atoms with Gasteiger partial charge in [-0.25, -0.2) is 0 Å². The van der Waals surface area contributed by atoms with Gasteiger partial charge in [0.05, 0.1) is 0 Å². The second-order valence-corrected chi connectivity index (χ2v) is 15.8. The molecule has 202 valence electrons. The molecule has 8 atom stereocenters. The Morgan fingerprint density at radius 1 is 0.889 bits per heavy atom. The van der Waals surface area contributed by atoms with Crippen LogP contribution in [0.15, 0.2) is 29.2 Å². The molecule has 4 saturated carbocycles. The summed E-state index contributed by atoms with van der Waals surface area (Å²) in [6.07, 6.45) is 17.9. The quantitative estimate of drug-likeness (QED) is 0.290. The lowest BCUT2D eigenvalue weighted by Crippen LogP contribution is -2.55. The van der Waals surface area contributed by atoms with E-state index < -0.39 is 0 Å². The van der Waals surface area contributed by atoms with E-state index in [1.807, 2.05) is 11.9 Å². The van der Waals surface area contributed by atoms with E-state index in [2.05, 4.69) is 70.5 Å². The maximum absolute atomic E-state index is 3.68. The largest absolute Gasteiger partial charge is 0.260 e. The fourth-order valence-corrected chi connectivity index (χ4v) is 10.9. The zero-order chi connectivity index (χ0) is 25.6. The molecule has 4 aliphatic carbocycles. The van der Waals surface area contributed by atoms with E-state index >= 15 is 0 Å². The van der Waals surface area contributed by atoms with E-state index in [1.54, 1.807) is 6.42 Å². The second-order valence-electron chi connectivity index (χ2n) is 14.9. The van der Waals surface area contributed by atoms with Gasteiger partial charge in [0, 0.05) is 11.4 Å². The van der Waals surface area contributed by atoms with Crippen LogP contribution in [-0.4, -0.2) is 6.54 Å². The van der Waals surface area contributed by atoms with Gasteiger partial charge in [-0.2, -0.15) is 0 Å². The van der Waals surface area contributed by atoms with Crippen molar-refractivity contribution >= 4 is 11.9 Å². The Hall–Kier alpha value is -0.470. The maximum Gasteiger partial charge on any atom is 0.0228 e. The van der Waals surface area contributed by atoms with Crippen LogP contribution < -0.4 is 4.72 Å². The molecule has 4 fully saturated rings. The fourth-order valence-electron chi connectivity index (χ4n) is 10.2. The summed E-state index contributed by atoms with van der Waals surface area (Å²) in [4.78, 5) is 1.34. The summed E-state index contributed by atoms with van der Waals surface area (Å²) in [7, 11) is 0. The first kappa shape index (κ1) is 27.1. The number of rotatable bonds is 7. The standard InChI is InChI=1S/C34H55NS/c1-7-24-23-28-30-18-15-26(11-10-22-35-36-27-16-13-25(14-17-27)32(2,3)4)33(30,5)21-19-31(28)34(6)20-9-8-12-29(24)34/h13-14,16-17,24,26,28-31,35H,7-12,15,18-23H2,1-6H3/t24-,26?,28?,29?,30?,31-,33?,34?/m0/s1. The second kappa shape index (κ2) is 10.6. The molecule has 1 N–H and O–H groups in total. The smallest absolute Gasteiger partial charge is 0.0228 e. The number of hydrogen-bond acceptors (Lipinski definition) is 2. The van der Waals surface area contributed by atoms with Gasteiger partial charge in [0.2, 0.25) is 0 Å². The predicted octanol–water partition coefficient (Wildman–Crippen LogP) is 10.0. The number of hydrogen-bond donors (Lipinski definition) is 1. The molecule has 1 aromatic carbocycles. The van der Waals surface area contributed by atoms with Crippen LogP contribution in [0.3, 0.4) is 0 Å². The summed E-state index contributed by atoms with van der Waals surface area (Å²) in [5.41, 5.74) is 2.93. The SMILES string of the molecule is CC[C@H]1CC2C3CCC(CCCNSc4ccc(C(C)(C)C)cc4)C3(C)CC[C@@H]2C2(C)CCCCC12. The molecule has 36 heavy (non-hydrogen) atoms. The molecule has 0 aliphatic heterocycles. The Morgan fingerprint density at radius 3 is 2.36 bits per heavy atom. The maximum atomic E-state index is 3.68. The van der Waals surface area contributed by atoms with Crippen LogP contribution in [0.4, 0.5) is 0 Å². The highest BCUT2D eigenvalue weighted by Gasteiger charge is 2.60. The van der Waals surface area contributed by atoms with E-state index in [4.69, 9.17) is 0 Å². The summed E-state index contributed by atoms with van der Waals surface area (Å²) in [5.74, 6) is 6.08. The van der Waals surface area contributed by atoms with Crippen LogP contribution in [0, 0.1) is 46.3 Å². The van der Waals surface area contributed by atoms with Crippen molar-refractivity contribution in [2.75, 3.05) is 6.54 Å². The molecule has 4 aliphatic rings. The minimum absolute atomic E-state index is 0.232. The minimum atomic E-state index is 0.232. The molecule has 0 saturated heterocycles. The van der Waals surface area contributed by atoms with Crippen molar-refractivity contribution in [3.63, 3.8) is 0 Å². The summed E-state index contributed by atoms with van der Waals surface area (Å²) in [6.45, 7) is 16.0. The van der Waals surface area contributed by atoms with Gasteiger partial charge >= 0.3 is 0 Å². The van der Waals surface area contributed by atoms with E-state index in [9.17, 15) is 0 Å². The lowest BCUT2D eigenvalue weighted by molar-refractivity contribution is -0.135. The van der Waals surface area contributed by atoms with Crippen LogP contribution in [0.25, 0.3) is 0 Å². The summed E-state index contributed by atoms with van der Waals surface area (Å²) < 4.78 is 3.68. The van der Waals surface area contributed by atoms with Crippen molar-refractivity contribution in [3.05, 3.63) is 29.8 Å². The van der Waals surface area contributed by atoms with Gasteiger partial charge in [0.15, 0.2) is 0 Å². The van der Waals surface area contributed by atoms with Gasteiger partial charge in [-0.15, -0.1) is 0 Å². The van der Waals surface area contributed by atoms with Gasteiger partial charge in [-0.1, -0.05) is 72.9 Å². The monoisotopic (exact) mass is 509 g/mol. The molecule has 0 amide bonds. The number of fused-ring (bicyclic) bond motifs is 5. The number of benzene rings is 1. The molecule has 1 aromatic rings.